The van der Waals surface area contributed by atoms with Crippen LogP contribution in [0.15, 0.2) is 0 Å². The largest absolute Gasteiger partial charge is 0.401 e. The van der Waals surface area contributed by atoms with Crippen molar-refractivity contribution in [3.63, 3.8) is 0 Å². The minimum Gasteiger partial charge on any atom is -0.292 e. The molecular formula is C5H9F3N2O2S. The molecule has 1 fully saturated rings. The van der Waals surface area contributed by atoms with E-state index >= 15 is 0 Å². The minimum absolute atomic E-state index is 0.127. The number of halogens is 3. The van der Waals surface area contributed by atoms with E-state index in [1.54, 1.807) is 0 Å². The van der Waals surface area contributed by atoms with E-state index in [4.69, 9.17) is 5.14 Å². The summed E-state index contributed by atoms with van der Waals surface area (Å²) in [6.07, 6.45) is -4.27. The first kappa shape index (κ1) is 10.7. The fourth-order valence-corrected chi connectivity index (χ4v) is 1.95. The SMILES string of the molecule is NS(=O)(=O)C1CN(CC(F)(F)F)C1. The lowest BCUT2D eigenvalue weighted by Crippen LogP contribution is -2.58. The molecule has 0 aromatic rings. The number of hydrogen-bond donors (Lipinski definition) is 1. The molecule has 0 atom stereocenters. The van der Waals surface area contributed by atoms with Crippen LogP contribution in [0.4, 0.5) is 13.2 Å². The van der Waals surface area contributed by atoms with Gasteiger partial charge >= 0.3 is 6.18 Å². The van der Waals surface area contributed by atoms with Gasteiger partial charge < -0.3 is 0 Å². The smallest absolute Gasteiger partial charge is 0.292 e. The summed E-state index contributed by atoms with van der Waals surface area (Å²) in [5.41, 5.74) is 0. The first-order valence-electron chi connectivity index (χ1n) is 3.49. The number of primary sulfonamides is 1. The van der Waals surface area contributed by atoms with Crippen LogP contribution in [0.2, 0.25) is 0 Å². The maximum Gasteiger partial charge on any atom is 0.401 e. The highest BCUT2D eigenvalue weighted by Gasteiger charge is 2.41. The number of alkyl halides is 3. The topological polar surface area (TPSA) is 63.4 Å². The Bertz CT molecular complexity index is 281. The summed E-state index contributed by atoms with van der Waals surface area (Å²) in [4.78, 5) is 0.995. The predicted octanol–water partition coefficient (Wildman–Crippen LogP) is -0.479. The van der Waals surface area contributed by atoms with Gasteiger partial charge in [0.2, 0.25) is 10.0 Å². The van der Waals surface area contributed by atoms with Gasteiger partial charge in [-0.05, 0) is 0 Å². The number of nitrogens with zero attached hydrogens (tertiary/aromatic N) is 1. The molecule has 0 aliphatic carbocycles. The van der Waals surface area contributed by atoms with E-state index < -0.39 is 28.0 Å². The van der Waals surface area contributed by atoms with E-state index in [0.717, 1.165) is 4.90 Å². The van der Waals surface area contributed by atoms with Crippen molar-refractivity contribution in [1.82, 2.24) is 4.90 Å². The average Bonchev–Trinajstić information content (AvgIpc) is 1.71. The number of sulfonamides is 1. The zero-order valence-corrected chi connectivity index (χ0v) is 7.40. The van der Waals surface area contributed by atoms with Crippen molar-refractivity contribution < 1.29 is 21.6 Å². The van der Waals surface area contributed by atoms with E-state index in [1.165, 1.54) is 0 Å². The first-order valence-corrected chi connectivity index (χ1v) is 5.10. The maximum atomic E-state index is 11.7. The minimum atomic E-state index is -4.27. The van der Waals surface area contributed by atoms with E-state index in [2.05, 4.69) is 0 Å². The van der Waals surface area contributed by atoms with Crippen molar-refractivity contribution in [3.05, 3.63) is 0 Å². The monoisotopic (exact) mass is 218 g/mol. The maximum absolute atomic E-state index is 11.7. The highest BCUT2D eigenvalue weighted by atomic mass is 32.2. The summed E-state index contributed by atoms with van der Waals surface area (Å²) >= 11 is 0. The Morgan fingerprint density at radius 1 is 1.38 bits per heavy atom. The van der Waals surface area contributed by atoms with Crippen LogP contribution in [0.3, 0.4) is 0 Å². The molecule has 0 bridgehead atoms. The van der Waals surface area contributed by atoms with Crippen molar-refractivity contribution in [1.29, 1.82) is 0 Å². The summed E-state index contributed by atoms with van der Waals surface area (Å²) in [7, 11) is -3.66. The lowest BCUT2D eigenvalue weighted by molar-refractivity contribution is -0.152. The van der Waals surface area contributed by atoms with E-state index in [-0.39, 0.29) is 13.1 Å². The number of hydrogen-bond acceptors (Lipinski definition) is 3. The van der Waals surface area contributed by atoms with Gasteiger partial charge in [-0.2, -0.15) is 13.2 Å². The Morgan fingerprint density at radius 3 is 2.15 bits per heavy atom. The lowest BCUT2D eigenvalue weighted by atomic mass is 10.2. The molecule has 1 aliphatic rings. The van der Waals surface area contributed by atoms with Crippen molar-refractivity contribution in [2.24, 2.45) is 5.14 Å². The molecular weight excluding hydrogens is 209 g/mol. The lowest BCUT2D eigenvalue weighted by Gasteiger charge is -2.37. The van der Waals surface area contributed by atoms with Crippen LogP contribution in [0.5, 0.6) is 0 Å². The molecule has 0 unspecified atom stereocenters. The van der Waals surface area contributed by atoms with Gasteiger partial charge in [-0.1, -0.05) is 0 Å². The second kappa shape index (κ2) is 3.10. The first-order chi connectivity index (χ1) is 5.68. The molecule has 0 amide bonds. The summed E-state index contributed by atoms with van der Waals surface area (Å²) < 4.78 is 56.4. The van der Waals surface area contributed by atoms with Gasteiger partial charge in [-0.3, -0.25) is 4.90 Å². The second-order valence-corrected chi connectivity index (χ2v) is 4.87. The van der Waals surface area contributed by atoms with Crippen molar-refractivity contribution >= 4 is 10.0 Å². The average molecular weight is 218 g/mol. The van der Waals surface area contributed by atoms with E-state index in [1.807, 2.05) is 0 Å². The molecule has 0 spiro atoms. The molecule has 1 rings (SSSR count). The van der Waals surface area contributed by atoms with Crippen LogP contribution in [-0.4, -0.2) is 44.4 Å². The second-order valence-electron chi connectivity index (χ2n) is 3.02. The Kier molecular flexibility index (Phi) is 2.56. The summed E-state index contributed by atoms with van der Waals surface area (Å²) in [6.45, 7) is -1.32. The zero-order valence-electron chi connectivity index (χ0n) is 6.58. The molecule has 0 aromatic heterocycles. The molecule has 0 saturated carbocycles. The van der Waals surface area contributed by atoms with Crippen LogP contribution >= 0.6 is 0 Å². The standard InChI is InChI=1S/C5H9F3N2O2S/c6-5(7,8)3-10-1-4(2-10)13(9,11)12/h4H,1-3H2,(H2,9,11,12). The number of nitrogens with two attached hydrogens (primary N) is 1. The Balaban J connectivity index is 2.35. The van der Waals surface area contributed by atoms with Crippen molar-refractivity contribution in [2.75, 3.05) is 19.6 Å². The molecule has 0 radical (unpaired) electrons. The van der Waals surface area contributed by atoms with Crippen molar-refractivity contribution in [2.45, 2.75) is 11.4 Å². The molecule has 13 heavy (non-hydrogen) atoms. The third-order valence-electron chi connectivity index (χ3n) is 1.79. The van der Waals surface area contributed by atoms with E-state index in [0.29, 0.717) is 0 Å². The predicted molar refractivity (Wildman–Crippen MR) is 39.4 cm³/mol. The highest BCUT2D eigenvalue weighted by Crippen LogP contribution is 2.22. The van der Waals surface area contributed by atoms with Crippen molar-refractivity contribution in [3.8, 4) is 0 Å². The quantitative estimate of drug-likeness (QED) is 0.681. The third-order valence-corrected chi connectivity index (χ3v) is 3.02. The van der Waals surface area contributed by atoms with Gasteiger partial charge in [0.05, 0.1) is 6.54 Å². The Morgan fingerprint density at radius 2 is 1.85 bits per heavy atom. The van der Waals surface area contributed by atoms with Gasteiger partial charge in [0.25, 0.3) is 0 Å². The molecule has 4 nitrogen and oxygen atoms in total. The molecule has 1 saturated heterocycles. The normalized spacial score (nSPS) is 21.5. The van der Waals surface area contributed by atoms with Crippen LogP contribution in [0, 0.1) is 0 Å². The fourth-order valence-electron chi connectivity index (χ4n) is 1.11. The van der Waals surface area contributed by atoms with Gasteiger partial charge in [0, 0.05) is 13.1 Å². The number of likely N-dealkylation sites (tertiary alicyclic amines) is 1. The molecule has 0 aromatic carbocycles. The summed E-state index contributed by atoms with van der Waals surface area (Å²) in [5.74, 6) is 0. The highest BCUT2D eigenvalue weighted by molar-refractivity contribution is 7.89. The molecule has 78 valence electrons. The van der Waals surface area contributed by atoms with Gasteiger partial charge in [-0.25, -0.2) is 13.6 Å². The van der Waals surface area contributed by atoms with Gasteiger partial charge in [0.1, 0.15) is 5.25 Å². The Labute approximate surface area is 73.6 Å². The molecule has 2 N–H and O–H groups in total. The third kappa shape index (κ3) is 3.12. The molecule has 1 aliphatic heterocycles. The number of rotatable bonds is 2. The van der Waals surface area contributed by atoms with Crippen LogP contribution in [0.1, 0.15) is 0 Å². The summed E-state index contributed by atoms with van der Waals surface area (Å²) in [6, 6.07) is 0. The van der Waals surface area contributed by atoms with Gasteiger partial charge in [0.15, 0.2) is 0 Å². The van der Waals surface area contributed by atoms with Gasteiger partial charge in [-0.15, -0.1) is 0 Å². The van der Waals surface area contributed by atoms with Crippen LogP contribution in [0.25, 0.3) is 0 Å². The van der Waals surface area contributed by atoms with E-state index in [9.17, 15) is 21.6 Å². The van der Waals surface area contributed by atoms with Crippen LogP contribution in [-0.2, 0) is 10.0 Å². The molecule has 8 heteroatoms. The summed E-state index contributed by atoms with van der Waals surface area (Å²) in [5, 5.41) is 3.89. The van der Waals surface area contributed by atoms with Crippen LogP contribution < -0.4 is 5.14 Å². The zero-order chi connectivity index (χ0) is 10.3. The Hall–Kier alpha value is -0.340. The fraction of sp³-hybridized carbons (Fsp3) is 1.00. The molecule has 1 heterocycles.